The maximum Gasteiger partial charge on any atom is 0.272 e. The number of amides is 1. The lowest BCUT2D eigenvalue weighted by molar-refractivity contribution is 0.0884. The number of carbonyl (C=O) groups excluding carboxylic acids is 1. The van der Waals surface area contributed by atoms with Crippen molar-refractivity contribution in [2.45, 2.75) is 25.8 Å². The van der Waals surface area contributed by atoms with E-state index in [0.717, 1.165) is 19.4 Å². The number of likely N-dealkylation sites (tertiary alicyclic amines) is 1. The van der Waals surface area contributed by atoms with E-state index < -0.39 is 0 Å². The first-order valence-electron chi connectivity index (χ1n) is 9.05. The third-order valence-corrected chi connectivity index (χ3v) is 5.17. The van der Waals surface area contributed by atoms with Crippen LogP contribution in [0, 0.1) is 12.8 Å². The van der Waals surface area contributed by atoms with Gasteiger partial charge in [-0.25, -0.2) is 4.68 Å². The van der Waals surface area contributed by atoms with Crippen LogP contribution in [0.2, 0.25) is 0 Å². The quantitative estimate of drug-likeness (QED) is 0.911. The Kier molecular flexibility index (Phi) is 5.52. The number of aromatic nitrogens is 2. The van der Waals surface area contributed by atoms with E-state index in [-0.39, 0.29) is 11.5 Å². The van der Waals surface area contributed by atoms with Crippen molar-refractivity contribution in [2.75, 3.05) is 20.1 Å². The number of hydrogen-bond acceptors (Lipinski definition) is 4. The van der Waals surface area contributed by atoms with Crippen molar-refractivity contribution in [3.05, 3.63) is 63.6 Å². The molecule has 2 heterocycles. The number of benzene rings is 1. The number of hydrogen-bond donors (Lipinski definition) is 1. The maximum absolute atomic E-state index is 12.6. The molecule has 1 aromatic heterocycles. The first-order valence-corrected chi connectivity index (χ1v) is 9.05. The molecule has 0 aliphatic carbocycles. The Balaban J connectivity index is 1.74. The lowest BCUT2D eigenvalue weighted by Crippen LogP contribution is -2.42. The third kappa shape index (κ3) is 3.85. The van der Waals surface area contributed by atoms with Gasteiger partial charge in [0.2, 0.25) is 0 Å². The Morgan fingerprint density at radius 3 is 2.73 bits per heavy atom. The van der Waals surface area contributed by atoms with Gasteiger partial charge < -0.3 is 5.32 Å². The van der Waals surface area contributed by atoms with Crippen LogP contribution in [-0.2, 0) is 7.05 Å². The standard InChI is InChI=1S/C20H26N4O2/c1-14-12-17(25)24(3)22-18(14)20(26)21-13-16-10-7-11-23(2)19(16)15-8-5-4-6-9-15/h4-6,8-9,12,16,19H,7,10-11,13H2,1-3H3,(H,21,26)/t16-,19-/m0/s1. The number of nitrogens with zero attached hydrogens (tertiary/aromatic N) is 3. The van der Waals surface area contributed by atoms with Crippen molar-refractivity contribution in [2.24, 2.45) is 13.0 Å². The predicted octanol–water partition coefficient (Wildman–Crippen LogP) is 1.90. The second-order valence-electron chi connectivity index (χ2n) is 7.09. The summed E-state index contributed by atoms with van der Waals surface area (Å²) in [4.78, 5) is 26.6. The van der Waals surface area contributed by atoms with E-state index in [1.54, 1.807) is 14.0 Å². The minimum atomic E-state index is -0.224. The molecule has 6 nitrogen and oxygen atoms in total. The van der Waals surface area contributed by atoms with Crippen LogP contribution >= 0.6 is 0 Å². The number of piperidine rings is 1. The molecule has 0 bridgehead atoms. The van der Waals surface area contributed by atoms with Crippen LogP contribution in [0.1, 0.15) is 40.5 Å². The van der Waals surface area contributed by atoms with Gasteiger partial charge >= 0.3 is 0 Å². The van der Waals surface area contributed by atoms with E-state index in [9.17, 15) is 9.59 Å². The SMILES string of the molecule is Cc1cc(=O)n(C)nc1C(=O)NC[C@@H]1CCCN(C)[C@H]1c1ccccc1. The summed E-state index contributed by atoms with van der Waals surface area (Å²) < 4.78 is 1.20. The van der Waals surface area contributed by atoms with Crippen molar-refractivity contribution in [1.29, 1.82) is 0 Å². The van der Waals surface area contributed by atoms with Gasteiger partial charge in [0.25, 0.3) is 11.5 Å². The van der Waals surface area contributed by atoms with Crippen molar-refractivity contribution < 1.29 is 4.79 Å². The first kappa shape index (κ1) is 18.3. The lowest BCUT2D eigenvalue weighted by Gasteiger charge is -2.39. The van der Waals surface area contributed by atoms with Crippen LogP contribution in [0.3, 0.4) is 0 Å². The smallest absolute Gasteiger partial charge is 0.272 e. The van der Waals surface area contributed by atoms with Gasteiger partial charge in [0.15, 0.2) is 5.69 Å². The predicted molar refractivity (Wildman–Crippen MR) is 101 cm³/mol. The van der Waals surface area contributed by atoms with Gasteiger partial charge in [-0.1, -0.05) is 30.3 Å². The second kappa shape index (κ2) is 7.83. The summed E-state index contributed by atoms with van der Waals surface area (Å²) in [7, 11) is 3.70. The Morgan fingerprint density at radius 2 is 2.00 bits per heavy atom. The molecule has 0 saturated carbocycles. The number of nitrogens with one attached hydrogen (secondary N) is 1. The number of rotatable bonds is 4. The van der Waals surface area contributed by atoms with Gasteiger partial charge in [-0.05, 0) is 50.4 Å². The molecule has 1 aliphatic rings. The Morgan fingerprint density at radius 1 is 1.27 bits per heavy atom. The largest absolute Gasteiger partial charge is 0.350 e. The molecule has 6 heteroatoms. The molecule has 1 N–H and O–H groups in total. The molecule has 1 saturated heterocycles. The minimum Gasteiger partial charge on any atom is -0.350 e. The van der Waals surface area contributed by atoms with E-state index in [0.29, 0.717) is 29.8 Å². The third-order valence-electron chi connectivity index (χ3n) is 5.17. The normalized spacial score (nSPS) is 20.7. The van der Waals surface area contributed by atoms with Crippen LogP contribution in [0.4, 0.5) is 0 Å². The summed E-state index contributed by atoms with van der Waals surface area (Å²) in [5.41, 5.74) is 1.99. The average Bonchev–Trinajstić information content (AvgIpc) is 2.63. The molecule has 1 aliphatic heterocycles. The topological polar surface area (TPSA) is 67.2 Å². The number of aryl methyl sites for hydroxylation is 2. The second-order valence-corrected chi connectivity index (χ2v) is 7.09. The molecule has 0 spiro atoms. The molecular formula is C20H26N4O2. The monoisotopic (exact) mass is 354 g/mol. The zero-order valence-electron chi connectivity index (χ0n) is 15.6. The highest BCUT2D eigenvalue weighted by atomic mass is 16.2. The summed E-state index contributed by atoms with van der Waals surface area (Å²) in [5.74, 6) is 0.117. The summed E-state index contributed by atoms with van der Waals surface area (Å²) in [5, 5.41) is 7.14. The lowest BCUT2D eigenvalue weighted by atomic mass is 9.85. The van der Waals surface area contributed by atoms with Crippen LogP contribution in [0.5, 0.6) is 0 Å². The van der Waals surface area contributed by atoms with Crippen LogP contribution in [0.15, 0.2) is 41.2 Å². The Hall–Kier alpha value is -2.47. The summed E-state index contributed by atoms with van der Waals surface area (Å²) in [6.07, 6.45) is 2.20. The van der Waals surface area contributed by atoms with Crippen LogP contribution < -0.4 is 10.9 Å². The van der Waals surface area contributed by atoms with Crippen molar-refractivity contribution in [3.8, 4) is 0 Å². The van der Waals surface area contributed by atoms with Gasteiger partial charge in [-0.3, -0.25) is 14.5 Å². The van der Waals surface area contributed by atoms with E-state index in [2.05, 4.69) is 46.6 Å². The fourth-order valence-electron chi connectivity index (χ4n) is 3.81. The van der Waals surface area contributed by atoms with Gasteiger partial charge in [0.05, 0.1) is 0 Å². The molecule has 0 radical (unpaired) electrons. The summed E-state index contributed by atoms with van der Waals surface area (Å²) in [6.45, 7) is 3.39. The van der Waals surface area contributed by atoms with E-state index in [4.69, 9.17) is 0 Å². The highest BCUT2D eigenvalue weighted by molar-refractivity contribution is 5.93. The van der Waals surface area contributed by atoms with Gasteiger partial charge in [-0.2, -0.15) is 5.10 Å². The zero-order valence-corrected chi connectivity index (χ0v) is 15.6. The van der Waals surface area contributed by atoms with Crippen molar-refractivity contribution >= 4 is 5.91 Å². The molecule has 2 atom stereocenters. The van der Waals surface area contributed by atoms with E-state index in [1.807, 2.05) is 6.07 Å². The molecule has 1 aromatic carbocycles. The van der Waals surface area contributed by atoms with Crippen LogP contribution in [-0.4, -0.2) is 40.7 Å². The summed E-state index contributed by atoms with van der Waals surface area (Å²) >= 11 is 0. The van der Waals surface area contributed by atoms with Gasteiger partial charge in [0.1, 0.15) is 0 Å². The molecular weight excluding hydrogens is 328 g/mol. The zero-order chi connectivity index (χ0) is 18.7. The first-order chi connectivity index (χ1) is 12.5. The molecule has 1 amide bonds. The number of carbonyl (C=O) groups is 1. The van der Waals surface area contributed by atoms with Gasteiger partial charge in [0, 0.05) is 25.7 Å². The molecule has 2 aromatic rings. The highest BCUT2D eigenvalue weighted by Crippen LogP contribution is 2.34. The van der Waals surface area contributed by atoms with Crippen molar-refractivity contribution in [1.82, 2.24) is 20.0 Å². The molecule has 1 fully saturated rings. The Bertz CT molecular complexity index is 831. The van der Waals surface area contributed by atoms with Crippen molar-refractivity contribution in [3.63, 3.8) is 0 Å². The fraction of sp³-hybridized carbons (Fsp3) is 0.450. The van der Waals surface area contributed by atoms with Gasteiger partial charge in [-0.15, -0.1) is 0 Å². The Labute approximate surface area is 153 Å². The minimum absolute atomic E-state index is 0.211. The molecule has 0 unspecified atom stereocenters. The van der Waals surface area contributed by atoms with E-state index in [1.165, 1.54) is 16.3 Å². The molecule has 3 rings (SSSR count). The molecule has 26 heavy (non-hydrogen) atoms. The van der Waals surface area contributed by atoms with E-state index >= 15 is 0 Å². The molecule has 138 valence electrons. The van der Waals surface area contributed by atoms with Crippen LogP contribution in [0.25, 0.3) is 0 Å². The average molecular weight is 354 g/mol. The fourth-order valence-corrected chi connectivity index (χ4v) is 3.81. The summed E-state index contributed by atoms with van der Waals surface area (Å²) in [6, 6.07) is 12.2. The highest BCUT2D eigenvalue weighted by Gasteiger charge is 2.30. The maximum atomic E-state index is 12.6.